The number of H-pyrrole nitrogens is 1. The molecule has 1 aliphatic heterocycles. The van der Waals surface area contributed by atoms with Gasteiger partial charge in [0.05, 0.1) is 25.4 Å². The van der Waals surface area contributed by atoms with Crippen molar-refractivity contribution in [2.75, 3.05) is 19.8 Å². The van der Waals surface area contributed by atoms with Gasteiger partial charge in [-0.05, 0) is 26.0 Å². The van der Waals surface area contributed by atoms with Gasteiger partial charge in [-0.3, -0.25) is 18.9 Å². The summed E-state index contributed by atoms with van der Waals surface area (Å²) in [6, 6.07) is 9.69. The van der Waals surface area contributed by atoms with Gasteiger partial charge in [0.15, 0.2) is 6.23 Å². The number of nitrogens with one attached hydrogen (secondary N) is 2. The van der Waals surface area contributed by atoms with Crippen LogP contribution in [0.1, 0.15) is 26.5 Å². The number of hydrogen-bond acceptors (Lipinski definition) is 8. The van der Waals surface area contributed by atoms with Crippen molar-refractivity contribution in [2.45, 2.75) is 44.3 Å². The van der Waals surface area contributed by atoms with Crippen molar-refractivity contribution in [1.29, 1.82) is 0 Å². The normalized spacial score (nSPS) is 24.1. The number of hydrogen-bond donors (Lipinski definition) is 3. The van der Waals surface area contributed by atoms with Crippen molar-refractivity contribution in [2.24, 2.45) is 0 Å². The molecule has 186 valence electrons. The van der Waals surface area contributed by atoms with E-state index in [1.165, 1.54) is 12.3 Å². The van der Waals surface area contributed by atoms with E-state index in [9.17, 15) is 19.3 Å². The Morgan fingerprint density at radius 2 is 2.09 bits per heavy atom. The van der Waals surface area contributed by atoms with Crippen LogP contribution in [0.3, 0.4) is 0 Å². The van der Waals surface area contributed by atoms with Crippen LogP contribution >= 0.6 is 7.75 Å². The third-order valence-electron chi connectivity index (χ3n) is 5.02. The summed E-state index contributed by atoms with van der Waals surface area (Å²) < 4.78 is 37.1. The summed E-state index contributed by atoms with van der Waals surface area (Å²) in [6.45, 7) is 7.69. The highest BCUT2D eigenvalue weighted by atomic mass is 31.2. The van der Waals surface area contributed by atoms with Gasteiger partial charge in [-0.25, -0.2) is 14.4 Å². The van der Waals surface area contributed by atoms with E-state index in [4.69, 9.17) is 18.5 Å². The molecule has 1 aromatic carbocycles. The van der Waals surface area contributed by atoms with Crippen LogP contribution in [0.2, 0.25) is 0 Å². The zero-order valence-corrected chi connectivity index (χ0v) is 20.0. The van der Waals surface area contributed by atoms with Gasteiger partial charge < -0.3 is 19.1 Å². The molecule has 12 heteroatoms. The average molecular weight is 495 g/mol. The number of rotatable bonds is 12. The summed E-state index contributed by atoms with van der Waals surface area (Å²) in [5.41, 5.74) is -2.95. The summed E-state index contributed by atoms with van der Waals surface area (Å²) in [7, 11) is -3.85. The Morgan fingerprint density at radius 1 is 1.35 bits per heavy atom. The third-order valence-corrected chi connectivity index (χ3v) is 6.57. The first kappa shape index (κ1) is 26.1. The number of aromatic nitrogens is 2. The van der Waals surface area contributed by atoms with Crippen LogP contribution in [0.15, 0.2) is 64.8 Å². The molecule has 3 N–H and O–H groups in total. The lowest BCUT2D eigenvalue weighted by atomic mass is 9.98. The maximum Gasteiger partial charge on any atom is 0.458 e. The minimum Gasteiger partial charge on any atom is -0.413 e. The van der Waals surface area contributed by atoms with E-state index >= 15 is 0 Å². The Kier molecular flexibility index (Phi) is 8.64. The van der Waals surface area contributed by atoms with Crippen molar-refractivity contribution in [3.63, 3.8) is 0 Å². The van der Waals surface area contributed by atoms with Crippen molar-refractivity contribution in [3.8, 4) is 5.75 Å². The van der Waals surface area contributed by atoms with Gasteiger partial charge in [0, 0.05) is 25.2 Å². The predicted molar refractivity (Wildman–Crippen MR) is 125 cm³/mol. The second kappa shape index (κ2) is 11.3. The SMILES string of the molecule is C=CC1(O)CC(COP(=O)(NCCOC(C)C)Oc2ccccc2)OC1n1ccc(=O)[nH]c1=O. The largest absolute Gasteiger partial charge is 0.458 e. The predicted octanol–water partition coefficient (Wildman–Crippen LogP) is 1.96. The maximum atomic E-state index is 13.4. The van der Waals surface area contributed by atoms with Crippen LogP contribution in [0.25, 0.3) is 0 Å². The van der Waals surface area contributed by atoms with Crippen LogP contribution in [0.5, 0.6) is 5.75 Å². The molecule has 3 rings (SSSR count). The number of ether oxygens (including phenoxy) is 2. The van der Waals surface area contributed by atoms with Gasteiger partial charge in [-0.1, -0.05) is 24.3 Å². The van der Waals surface area contributed by atoms with E-state index in [1.807, 2.05) is 13.8 Å². The molecule has 4 atom stereocenters. The standard InChI is InChI=1S/C22H30N3O8P/c1-4-22(28)14-18(32-20(22)25-12-10-19(26)24-21(25)27)15-31-34(29,23-11-13-30-16(2)3)33-17-8-6-5-7-9-17/h4-10,12,16,18,20,28H,1,11,13-15H2,2-3H3,(H,23,29)(H,24,26,27). The molecule has 34 heavy (non-hydrogen) atoms. The van der Waals surface area contributed by atoms with Gasteiger partial charge in [-0.15, -0.1) is 6.58 Å². The van der Waals surface area contributed by atoms with Crippen molar-refractivity contribution in [3.05, 3.63) is 76.1 Å². The van der Waals surface area contributed by atoms with Crippen LogP contribution < -0.4 is 20.9 Å². The highest BCUT2D eigenvalue weighted by Gasteiger charge is 2.47. The molecule has 1 fully saturated rings. The molecule has 2 aromatic rings. The van der Waals surface area contributed by atoms with E-state index in [0.717, 1.165) is 10.6 Å². The van der Waals surface area contributed by atoms with E-state index in [-0.39, 0.29) is 32.3 Å². The van der Waals surface area contributed by atoms with Crippen molar-refractivity contribution in [1.82, 2.24) is 14.6 Å². The Labute approximate surface area is 196 Å². The molecule has 1 aromatic heterocycles. The first-order chi connectivity index (χ1) is 16.1. The van der Waals surface area contributed by atoms with Gasteiger partial charge in [0.25, 0.3) is 5.56 Å². The van der Waals surface area contributed by atoms with Crippen LogP contribution in [0, 0.1) is 0 Å². The van der Waals surface area contributed by atoms with E-state index in [1.54, 1.807) is 30.3 Å². The summed E-state index contributed by atoms with van der Waals surface area (Å²) in [6.07, 6.45) is 0.584. The molecule has 0 radical (unpaired) electrons. The smallest absolute Gasteiger partial charge is 0.413 e. The quantitative estimate of drug-likeness (QED) is 0.229. The lowest BCUT2D eigenvalue weighted by Gasteiger charge is -2.25. The molecular weight excluding hydrogens is 465 g/mol. The molecule has 0 bridgehead atoms. The second-order valence-electron chi connectivity index (χ2n) is 8.05. The Bertz CT molecular complexity index is 1120. The van der Waals surface area contributed by atoms with Gasteiger partial charge >= 0.3 is 13.4 Å². The molecule has 0 spiro atoms. The highest BCUT2D eigenvalue weighted by molar-refractivity contribution is 7.52. The van der Waals surface area contributed by atoms with Gasteiger partial charge in [0.1, 0.15) is 11.4 Å². The maximum absolute atomic E-state index is 13.4. The van der Waals surface area contributed by atoms with Crippen molar-refractivity contribution >= 4 is 7.75 Å². The summed E-state index contributed by atoms with van der Waals surface area (Å²) in [5.74, 6) is 0.343. The second-order valence-corrected chi connectivity index (χ2v) is 9.80. The molecule has 11 nitrogen and oxygen atoms in total. The Morgan fingerprint density at radius 3 is 2.74 bits per heavy atom. The van der Waals surface area contributed by atoms with Crippen LogP contribution in [-0.4, -0.2) is 52.2 Å². The average Bonchev–Trinajstić information content (AvgIpc) is 3.13. The first-order valence-electron chi connectivity index (χ1n) is 10.8. The number of aromatic amines is 1. The Hall–Kier alpha value is -2.53. The lowest BCUT2D eigenvalue weighted by Crippen LogP contribution is -2.40. The first-order valence-corrected chi connectivity index (χ1v) is 12.4. The Balaban J connectivity index is 1.72. The molecule has 1 aliphatic rings. The minimum absolute atomic E-state index is 0.00822. The molecule has 2 heterocycles. The topological polar surface area (TPSA) is 141 Å². The van der Waals surface area contributed by atoms with E-state index in [0.29, 0.717) is 5.75 Å². The fourth-order valence-electron chi connectivity index (χ4n) is 3.40. The summed E-state index contributed by atoms with van der Waals surface area (Å²) in [4.78, 5) is 25.7. The molecule has 0 aliphatic carbocycles. The number of benzene rings is 1. The number of nitrogens with zero attached hydrogens (tertiary/aromatic N) is 1. The monoisotopic (exact) mass is 495 g/mol. The minimum atomic E-state index is -3.85. The number of aliphatic hydroxyl groups is 1. The lowest BCUT2D eigenvalue weighted by molar-refractivity contribution is -0.0764. The fourth-order valence-corrected chi connectivity index (χ4v) is 4.73. The van der Waals surface area contributed by atoms with Crippen LogP contribution in [-0.2, 0) is 18.6 Å². The number of para-hydroxylation sites is 1. The van der Waals surface area contributed by atoms with E-state index < -0.39 is 36.9 Å². The molecule has 0 amide bonds. The van der Waals surface area contributed by atoms with Crippen LogP contribution in [0.4, 0.5) is 0 Å². The summed E-state index contributed by atoms with van der Waals surface area (Å²) >= 11 is 0. The zero-order chi connectivity index (χ0) is 24.8. The zero-order valence-electron chi connectivity index (χ0n) is 19.1. The molecular formula is C22H30N3O8P. The van der Waals surface area contributed by atoms with Gasteiger partial charge in [0.2, 0.25) is 0 Å². The highest BCUT2D eigenvalue weighted by Crippen LogP contribution is 2.46. The van der Waals surface area contributed by atoms with Gasteiger partial charge in [-0.2, -0.15) is 0 Å². The fraction of sp³-hybridized carbons (Fsp3) is 0.455. The molecule has 4 unspecified atom stereocenters. The van der Waals surface area contributed by atoms with E-state index in [2.05, 4.69) is 16.7 Å². The summed E-state index contributed by atoms with van der Waals surface area (Å²) in [5, 5.41) is 13.8. The third kappa shape index (κ3) is 6.75. The molecule has 0 saturated carbocycles. The molecule has 1 saturated heterocycles. The van der Waals surface area contributed by atoms with Crippen molar-refractivity contribution < 1.29 is 28.2 Å².